The molecule has 0 aromatic heterocycles. The van der Waals surface area contributed by atoms with Gasteiger partial charge in [-0.1, -0.05) is 11.6 Å². The van der Waals surface area contributed by atoms with E-state index >= 15 is 0 Å². The zero-order valence-electron chi connectivity index (χ0n) is 6.74. The van der Waals surface area contributed by atoms with Crippen molar-refractivity contribution in [3.8, 4) is 5.75 Å². The quantitative estimate of drug-likeness (QED) is 0.604. The Morgan fingerprint density at radius 2 is 2.23 bits per heavy atom. The number of rotatable bonds is 2. The molecule has 0 saturated carbocycles. The summed E-state index contributed by atoms with van der Waals surface area (Å²) in [5.41, 5.74) is 6.73. The van der Waals surface area contributed by atoms with Crippen molar-refractivity contribution in [3.05, 3.63) is 22.7 Å². The molecule has 0 aliphatic rings. The molecule has 0 bridgehead atoms. The minimum atomic E-state index is -2.62. The highest BCUT2D eigenvalue weighted by atomic mass is 35.5. The third-order valence-corrected chi connectivity index (χ3v) is 2.09. The summed E-state index contributed by atoms with van der Waals surface area (Å²) in [4.78, 5) is 0. The topological polar surface area (TPSA) is 75.4 Å². The molecule has 0 heterocycles. The first kappa shape index (κ1) is 10.3. The predicted octanol–water partition coefficient (Wildman–Crippen LogP) is 1.40. The summed E-state index contributed by atoms with van der Waals surface area (Å²) in [5, 5.41) is 0.173. The van der Waals surface area contributed by atoms with E-state index in [2.05, 4.69) is 4.18 Å². The summed E-state index contributed by atoms with van der Waals surface area (Å²) >= 11 is 3.05. The number of hydrogen-bond acceptors (Lipinski definition) is 4. The second kappa shape index (κ2) is 3.95. The Kier molecular flexibility index (Phi) is 3.13. The molecule has 0 amide bonds. The van der Waals surface area contributed by atoms with Gasteiger partial charge < -0.3 is 14.5 Å². The van der Waals surface area contributed by atoms with Crippen LogP contribution in [0.5, 0.6) is 5.75 Å². The fourth-order valence-corrected chi connectivity index (χ4v) is 1.35. The number of halogens is 1. The second-order valence-electron chi connectivity index (χ2n) is 2.43. The number of hydrogen-bond donors (Lipinski definition) is 1. The minimum absolute atomic E-state index is 0.0849. The van der Waals surface area contributed by atoms with Gasteiger partial charge in [0.05, 0.1) is 5.02 Å². The van der Waals surface area contributed by atoms with Gasteiger partial charge in [0, 0.05) is 5.69 Å². The molecule has 0 aliphatic heterocycles. The molecule has 1 rings (SSSR count). The van der Waals surface area contributed by atoms with Crippen molar-refractivity contribution in [3.63, 3.8) is 0 Å². The molecule has 0 fully saturated rings. The van der Waals surface area contributed by atoms with Gasteiger partial charge in [-0.25, -0.2) is 4.21 Å². The van der Waals surface area contributed by atoms with Gasteiger partial charge in [-0.2, -0.15) is 0 Å². The fraction of sp³-hybridized carbons (Fsp3) is 0.143. The molecule has 0 aliphatic carbocycles. The monoisotopic (exact) mass is 220 g/mol. The molecule has 13 heavy (non-hydrogen) atoms. The third kappa shape index (κ3) is 2.58. The van der Waals surface area contributed by atoms with E-state index in [9.17, 15) is 8.76 Å². The van der Waals surface area contributed by atoms with E-state index in [1.807, 2.05) is 0 Å². The Morgan fingerprint density at radius 3 is 2.77 bits per heavy atom. The van der Waals surface area contributed by atoms with E-state index in [0.29, 0.717) is 11.3 Å². The van der Waals surface area contributed by atoms with Crippen molar-refractivity contribution in [2.45, 2.75) is 6.92 Å². The van der Waals surface area contributed by atoms with Gasteiger partial charge >= 0.3 is 0 Å². The smallest absolute Gasteiger partial charge is 0.158 e. The van der Waals surface area contributed by atoms with Crippen LogP contribution in [0.3, 0.4) is 0 Å². The van der Waals surface area contributed by atoms with Crippen LogP contribution in [0.25, 0.3) is 0 Å². The molecule has 2 N–H and O–H groups in total. The predicted molar refractivity (Wildman–Crippen MR) is 50.1 cm³/mol. The zero-order valence-corrected chi connectivity index (χ0v) is 8.32. The van der Waals surface area contributed by atoms with Gasteiger partial charge in [-0.3, -0.25) is 0 Å². The summed E-state index contributed by atoms with van der Waals surface area (Å²) in [6.45, 7) is 1.73. The molecule has 1 aromatic rings. The molecule has 4 nitrogen and oxygen atoms in total. The van der Waals surface area contributed by atoms with Gasteiger partial charge in [0.25, 0.3) is 0 Å². The molecular weight excluding hydrogens is 214 g/mol. The average molecular weight is 221 g/mol. The number of nitrogen functional groups attached to an aromatic ring is 1. The molecule has 0 radical (unpaired) electrons. The summed E-state index contributed by atoms with van der Waals surface area (Å²) in [5.74, 6) is 0.0849. The molecular formula is C7H7ClNO3S-. The Labute approximate surface area is 83.1 Å². The Hall–Kier alpha value is -0.780. The maximum absolute atomic E-state index is 10.2. The lowest BCUT2D eigenvalue weighted by atomic mass is 10.2. The van der Waals surface area contributed by atoms with Crippen LogP contribution >= 0.6 is 11.6 Å². The van der Waals surface area contributed by atoms with Crippen molar-refractivity contribution in [2.75, 3.05) is 5.73 Å². The van der Waals surface area contributed by atoms with Crippen molar-refractivity contribution in [1.82, 2.24) is 0 Å². The normalized spacial score (nSPS) is 12.5. The van der Waals surface area contributed by atoms with Gasteiger partial charge in [0.2, 0.25) is 0 Å². The van der Waals surface area contributed by atoms with Gasteiger partial charge in [0.15, 0.2) is 5.75 Å². The highest BCUT2D eigenvalue weighted by Crippen LogP contribution is 2.29. The van der Waals surface area contributed by atoms with E-state index in [0.717, 1.165) is 0 Å². The highest BCUT2D eigenvalue weighted by molar-refractivity contribution is 7.74. The second-order valence-corrected chi connectivity index (χ2v) is 3.41. The number of aryl methyl sites for hydroxylation is 1. The SMILES string of the molecule is Cc1cc(OS(=O)[O-])c(Cl)cc1N. The lowest BCUT2D eigenvalue weighted by Gasteiger charge is -2.10. The van der Waals surface area contributed by atoms with E-state index in [-0.39, 0.29) is 10.8 Å². The first-order chi connectivity index (χ1) is 6.00. The van der Waals surface area contributed by atoms with Crippen LogP contribution in [0, 0.1) is 6.92 Å². The van der Waals surface area contributed by atoms with Crippen LogP contribution in [-0.4, -0.2) is 8.76 Å². The highest BCUT2D eigenvalue weighted by Gasteiger charge is 2.05. The van der Waals surface area contributed by atoms with Crippen LogP contribution in [-0.2, 0) is 11.4 Å². The van der Waals surface area contributed by atoms with Crippen LogP contribution in [0.2, 0.25) is 5.02 Å². The van der Waals surface area contributed by atoms with Crippen LogP contribution in [0.1, 0.15) is 5.56 Å². The Bertz CT molecular complexity index is 356. The van der Waals surface area contributed by atoms with Crippen molar-refractivity contribution >= 4 is 28.6 Å². The van der Waals surface area contributed by atoms with Crippen molar-refractivity contribution in [2.24, 2.45) is 0 Å². The van der Waals surface area contributed by atoms with Crippen LogP contribution < -0.4 is 9.92 Å². The Balaban J connectivity index is 3.08. The lowest BCUT2D eigenvalue weighted by molar-refractivity contribution is 0.440. The molecule has 0 spiro atoms. The maximum atomic E-state index is 10.2. The molecule has 72 valence electrons. The van der Waals surface area contributed by atoms with Gasteiger partial charge in [0.1, 0.15) is 11.4 Å². The number of nitrogens with two attached hydrogens (primary N) is 1. The molecule has 0 saturated heterocycles. The first-order valence-corrected chi connectivity index (χ1v) is 4.71. The Morgan fingerprint density at radius 1 is 1.62 bits per heavy atom. The zero-order chi connectivity index (χ0) is 10.0. The molecule has 1 aromatic carbocycles. The maximum Gasteiger partial charge on any atom is 0.158 e. The van der Waals surface area contributed by atoms with E-state index in [1.54, 1.807) is 6.92 Å². The minimum Gasteiger partial charge on any atom is -0.740 e. The van der Waals surface area contributed by atoms with Crippen LogP contribution in [0.15, 0.2) is 12.1 Å². The van der Waals surface area contributed by atoms with E-state index < -0.39 is 11.4 Å². The summed E-state index contributed by atoms with van der Waals surface area (Å²) in [7, 11) is 0. The average Bonchev–Trinajstić information content (AvgIpc) is 1.99. The summed E-state index contributed by atoms with van der Waals surface area (Å²) < 4.78 is 24.8. The van der Waals surface area contributed by atoms with E-state index in [1.165, 1.54) is 12.1 Å². The van der Waals surface area contributed by atoms with Crippen molar-refractivity contribution < 1.29 is 12.9 Å². The molecule has 6 heteroatoms. The fourth-order valence-electron chi connectivity index (χ4n) is 0.808. The standard InChI is InChI=1S/C7H8ClNO3S/c1-4-2-7(12-13(10)11)5(8)3-6(4)9/h2-3H,9H2,1H3,(H,10,11)/p-1. The molecule has 1 atom stereocenters. The number of benzene rings is 1. The lowest BCUT2D eigenvalue weighted by Crippen LogP contribution is -2.00. The third-order valence-electron chi connectivity index (χ3n) is 1.48. The first-order valence-electron chi connectivity index (χ1n) is 3.34. The van der Waals surface area contributed by atoms with Gasteiger partial charge in [-0.15, -0.1) is 0 Å². The number of anilines is 1. The largest absolute Gasteiger partial charge is 0.740 e. The summed E-state index contributed by atoms with van der Waals surface area (Å²) in [6.07, 6.45) is 0. The van der Waals surface area contributed by atoms with E-state index in [4.69, 9.17) is 17.3 Å². The summed E-state index contributed by atoms with van der Waals surface area (Å²) in [6, 6.07) is 2.91. The van der Waals surface area contributed by atoms with Crippen LogP contribution in [0.4, 0.5) is 5.69 Å². The van der Waals surface area contributed by atoms with Gasteiger partial charge in [-0.05, 0) is 24.6 Å². The van der Waals surface area contributed by atoms with Crippen molar-refractivity contribution in [1.29, 1.82) is 0 Å². The molecule has 1 unspecified atom stereocenters.